The third-order valence-corrected chi connectivity index (χ3v) is 3.08. The summed E-state index contributed by atoms with van der Waals surface area (Å²) < 4.78 is 0. The second-order valence-corrected chi connectivity index (χ2v) is 4.59. The Morgan fingerprint density at radius 2 is 2.41 bits per heavy atom. The van der Waals surface area contributed by atoms with E-state index in [0.29, 0.717) is 5.13 Å². The van der Waals surface area contributed by atoms with E-state index >= 15 is 0 Å². The average molecular weight is 245 g/mol. The molecule has 1 aromatic heterocycles. The van der Waals surface area contributed by atoms with Gasteiger partial charge in [0.25, 0.3) is 0 Å². The quantitative estimate of drug-likeness (QED) is 0.899. The molecule has 0 bridgehead atoms. The minimum Gasteiger partial charge on any atom is -0.302 e. The van der Waals surface area contributed by atoms with Gasteiger partial charge in [-0.1, -0.05) is 24.3 Å². The van der Waals surface area contributed by atoms with Crippen LogP contribution in [0.15, 0.2) is 29.6 Å². The lowest BCUT2D eigenvalue weighted by Gasteiger charge is -1.98. The molecule has 2 aromatic rings. The predicted molar refractivity (Wildman–Crippen MR) is 69.1 cm³/mol. The lowest BCUT2D eigenvalue weighted by atomic mass is 10.1. The van der Waals surface area contributed by atoms with Crippen molar-refractivity contribution in [3.05, 3.63) is 47.0 Å². The summed E-state index contributed by atoms with van der Waals surface area (Å²) in [5.74, 6) is -0.0800. The van der Waals surface area contributed by atoms with E-state index in [4.69, 9.17) is 0 Å². The van der Waals surface area contributed by atoms with Crippen LogP contribution in [0.3, 0.4) is 0 Å². The fraction of sp³-hybridized carbons (Fsp3) is 0.231. The van der Waals surface area contributed by atoms with Gasteiger partial charge in [-0.3, -0.25) is 4.79 Å². The summed E-state index contributed by atoms with van der Waals surface area (Å²) in [5.41, 5.74) is 2.27. The lowest BCUT2D eigenvalue weighted by molar-refractivity contribution is -0.114. The highest BCUT2D eigenvalue weighted by Crippen LogP contribution is 2.16. The molecule has 0 aliphatic heterocycles. The second-order valence-electron chi connectivity index (χ2n) is 3.74. The SMILES string of the molecule is CC(=O)Nc1nc(CCc2c[c]ccc2)cs1. The number of benzene rings is 1. The Bertz CT molecular complexity index is 493. The smallest absolute Gasteiger partial charge is 0.223 e. The Morgan fingerprint density at radius 3 is 3.12 bits per heavy atom. The molecule has 1 N–H and O–H groups in total. The van der Waals surface area contributed by atoms with Crippen molar-refractivity contribution in [2.45, 2.75) is 19.8 Å². The number of anilines is 1. The normalized spacial score (nSPS) is 10.2. The summed E-state index contributed by atoms with van der Waals surface area (Å²) >= 11 is 1.46. The Labute approximate surface area is 105 Å². The van der Waals surface area contributed by atoms with E-state index in [9.17, 15) is 4.79 Å². The molecule has 0 saturated heterocycles. The zero-order valence-corrected chi connectivity index (χ0v) is 10.4. The number of thiazole rings is 1. The summed E-state index contributed by atoms with van der Waals surface area (Å²) in [6.07, 6.45) is 1.83. The van der Waals surface area contributed by atoms with Crippen molar-refractivity contribution in [3.63, 3.8) is 0 Å². The van der Waals surface area contributed by atoms with Gasteiger partial charge < -0.3 is 5.32 Å². The Kier molecular flexibility index (Phi) is 3.88. The lowest BCUT2D eigenvalue weighted by Crippen LogP contribution is -2.05. The molecule has 2 rings (SSSR count). The van der Waals surface area contributed by atoms with E-state index in [1.165, 1.54) is 23.8 Å². The maximum absolute atomic E-state index is 10.9. The van der Waals surface area contributed by atoms with Crippen molar-refractivity contribution >= 4 is 22.4 Å². The maximum Gasteiger partial charge on any atom is 0.223 e. The number of carbonyl (C=O) groups is 1. The van der Waals surface area contributed by atoms with E-state index in [1.807, 2.05) is 23.6 Å². The summed E-state index contributed by atoms with van der Waals surface area (Å²) in [4.78, 5) is 15.2. The zero-order chi connectivity index (χ0) is 12.1. The molecule has 1 radical (unpaired) electrons. The first-order valence-electron chi connectivity index (χ1n) is 5.41. The summed E-state index contributed by atoms with van der Waals surface area (Å²) in [6, 6.07) is 11.0. The zero-order valence-electron chi connectivity index (χ0n) is 9.56. The van der Waals surface area contributed by atoms with Crippen LogP contribution in [0, 0.1) is 6.07 Å². The largest absolute Gasteiger partial charge is 0.302 e. The van der Waals surface area contributed by atoms with E-state index in [2.05, 4.69) is 22.4 Å². The van der Waals surface area contributed by atoms with Crippen LogP contribution in [0.25, 0.3) is 0 Å². The van der Waals surface area contributed by atoms with Crippen LogP contribution >= 0.6 is 11.3 Å². The van der Waals surface area contributed by atoms with Gasteiger partial charge in [-0.25, -0.2) is 4.98 Å². The number of nitrogens with one attached hydrogen (secondary N) is 1. The third-order valence-electron chi connectivity index (χ3n) is 2.28. The third kappa shape index (κ3) is 3.67. The van der Waals surface area contributed by atoms with Crippen LogP contribution in [0.1, 0.15) is 18.2 Å². The highest BCUT2D eigenvalue weighted by Gasteiger charge is 2.03. The molecule has 0 saturated carbocycles. The molecule has 17 heavy (non-hydrogen) atoms. The number of hydrogen-bond acceptors (Lipinski definition) is 3. The molecule has 1 amide bonds. The van der Waals surface area contributed by atoms with Crippen LogP contribution in [-0.4, -0.2) is 10.9 Å². The number of aromatic nitrogens is 1. The van der Waals surface area contributed by atoms with Crippen molar-refractivity contribution in [1.29, 1.82) is 0 Å². The number of rotatable bonds is 4. The molecular formula is C13H13N2OS. The van der Waals surface area contributed by atoms with Crippen LogP contribution < -0.4 is 5.32 Å². The van der Waals surface area contributed by atoms with Gasteiger partial charge in [0.1, 0.15) is 0 Å². The van der Waals surface area contributed by atoms with Gasteiger partial charge in [0.2, 0.25) is 5.91 Å². The average Bonchev–Trinajstić information content (AvgIpc) is 2.75. The van der Waals surface area contributed by atoms with Crippen molar-refractivity contribution in [3.8, 4) is 0 Å². The van der Waals surface area contributed by atoms with Gasteiger partial charge in [0, 0.05) is 12.3 Å². The molecular weight excluding hydrogens is 232 g/mol. The monoisotopic (exact) mass is 245 g/mol. The molecule has 0 spiro atoms. The van der Waals surface area contributed by atoms with Gasteiger partial charge in [-0.2, -0.15) is 0 Å². The van der Waals surface area contributed by atoms with E-state index in [1.54, 1.807) is 0 Å². The van der Waals surface area contributed by atoms with Crippen molar-refractivity contribution in [2.75, 3.05) is 5.32 Å². The van der Waals surface area contributed by atoms with Gasteiger partial charge in [-0.05, 0) is 24.5 Å². The first-order chi connectivity index (χ1) is 8.24. The maximum atomic E-state index is 10.9. The van der Waals surface area contributed by atoms with Crippen LogP contribution in [0.4, 0.5) is 5.13 Å². The first-order valence-corrected chi connectivity index (χ1v) is 6.29. The molecule has 87 valence electrons. The van der Waals surface area contributed by atoms with Crippen molar-refractivity contribution in [1.82, 2.24) is 4.98 Å². The molecule has 3 nitrogen and oxygen atoms in total. The van der Waals surface area contributed by atoms with E-state index in [0.717, 1.165) is 18.5 Å². The number of aryl methyl sites for hydroxylation is 2. The van der Waals surface area contributed by atoms with E-state index < -0.39 is 0 Å². The van der Waals surface area contributed by atoms with Crippen LogP contribution in [0.2, 0.25) is 0 Å². The summed E-state index contributed by atoms with van der Waals surface area (Å²) in [7, 11) is 0. The molecule has 0 unspecified atom stereocenters. The molecule has 0 fully saturated rings. The van der Waals surface area contributed by atoms with Gasteiger partial charge in [0.15, 0.2) is 5.13 Å². The minimum atomic E-state index is -0.0800. The standard InChI is InChI=1S/C13H13N2OS/c1-10(16)14-13-15-12(9-17-13)8-7-11-5-3-2-4-6-11/h2-3,5-6,9H,7-8H2,1H3,(H,14,15,16). The first kappa shape index (κ1) is 11.8. The topological polar surface area (TPSA) is 42.0 Å². The highest BCUT2D eigenvalue weighted by molar-refractivity contribution is 7.13. The minimum absolute atomic E-state index is 0.0800. The second kappa shape index (κ2) is 5.59. The van der Waals surface area contributed by atoms with Crippen molar-refractivity contribution < 1.29 is 4.79 Å². The molecule has 0 aliphatic carbocycles. The van der Waals surface area contributed by atoms with Gasteiger partial charge >= 0.3 is 0 Å². The molecule has 1 heterocycles. The van der Waals surface area contributed by atoms with Crippen LogP contribution in [-0.2, 0) is 17.6 Å². The van der Waals surface area contributed by atoms with Crippen molar-refractivity contribution in [2.24, 2.45) is 0 Å². The fourth-order valence-corrected chi connectivity index (χ4v) is 2.28. The highest BCUT2D eigenvalue weighted by atomic mass is 32.1. The number of hydrogen-bond donors (Lipinski definition) is 1. The molecule has 0 aliphatic rings. The number of carbonyl (C=O) groups excluding carboxylic acids is 1. The Balaban J connectivity index is 1.91. The fourth-order valence-electron chi connectivity index (χ4n) is 1.49. The molecule has 4 heteroatoms. The van der Waals surface area contributed by atoms with Gasteiger partial charge in [0.05, 0.1) is 5.69 Å². The van der Waals surface area contributed by atoms with Crippen LogP contribution in [0.5, 0.6) is 0 Å². The molecule has 1 aromatic carbocycles. The number of amides is 1. The van der Waals surface area contributed by atoms with Gasteiger partial charge in [-0.15, -0.1) is 11.3 Å². The van der Waals surface area contributed by atoms with E-state index in [-0.39, 0.29) is 5.91 Å². The predicted octanol–water partition coefficient (Wildman–Crippen LogP) is 2.69. The Hall–Kier alpha value is -1.68. The Morgan fingerprint density at radius 1 is 1.53 bits per heavy atom. The summed E-state index contributed by atoms with van der Waals surface area (Å²) in [5, 5.41) is 5.34. The molecule has 0 atom stereocenters. The number of nitrogens with zero attached hydrogens (tertiary/aromatic N) is 1. The summed E-state index contributed by atoms with van der Waals surface area (Å²) in [6.45, 7) is 1.49.